The predicted molar refractivity (Wildman–Crippen MR) is 143 cm³/mol. The van der Waals surface area contributed by atoms with Gasteiger partial charge in [0.2, 0.25) is 0 Å². The van der Waals surface area contributed by atoms with Gasteiger partial charge in [-0.3, -0.25) is 4.90 Å². The lowest BCUT2D eigenvalue weighted by atomic mass is 9.98. The molecular formula is C29H29NO2S2. The molecule has 3 aromatic carbocycles. The van der Waals surface area contributed by atoms with Crippen LogP contribution >= 0.6 is 11.3 Å². The number of nitrogens with zero attached hydrogens (tertiary/aromatic N) is 1. The summed E-state index contributed by atoms with van der Waals surface area (Å²) in [5.74, 6) is 0. The summed E-state index contributed by atoms with van der Waals surface area (Å²) in [4.78, 5) is 2.77. The van der Waals surface area contributed by atoms with E-state index in [1.54, 1.807) is 23.5 Å². The van der Waals surface area contributed by atoms with E-state index < -0.39 is 15.1 Å². The van der Waals surface area contributed by atoms with Crippen molar-refractivity contribution in [2.24, 2.45) is 0 Å². The fourth-order valence-electron chi connectivity index (χ4n) is 4.69. The molecule has 3 nitrogen and oxygen atoms in total. The molecule has 0 radical (unpaired) electrons. The highest BCUT2D eigenvalue weighted by Gasteiger charge is 2.29. The van der Waals surface area contributed by atoms with Gasteiger partial charge >= 0.3 is 0 Å². The molecular weight excluding hydrogens is 458 g/mol. The van der Waals surface area contributed by atoms with E-state index >= 15 is 0 Å². The van der Waals surface area contributed by atoms with Crippen molar-refractivity contribution in [3.63, 3.8) is 0 Å². The third-order valence-electron chi connectivity index (χ3n) is 6.72. The average Bonchev–Trinajstić information content (AvgIpc) is 3.33. The lowest BCUT2D eigenvalue weighted by Gasteiger charge is -2.28. The Morgan fingerprint density at radius 3 is 2.50 bits per heavy atom. The summed E-state index contributed by atoms with van der Waals surface area (Å²) in [6, 6.07) is 25.8. The molecule has 5 heteroatoms. The standard InChI is InChI=1S/C29H29NO2S2/c1-22-7-11-27(12-8-22)34(31,32)29(25-5-3-2-4-6-25)15-19-30-17-13-23(14-18-30)26-10-9-24-16-20-33-28(24)21-26/h2-13,16,20-21,29H,14-15,17-19H2,1H3. The lowest BCUT2D eigenvalue weighted by molar-refractivity contribution is 0.296. The second kappa shape index (κ2) is 9.87. The summed E-state index contributed by atoms with van der Waals surface area (Å²) in [7, 11) is -3.48. The van der Waals surface area contributed by atoms with Gasteiger partial charge in [-0.1, -0.05) is 66.2 Å². The van der Waals surface area contributed by atoms with Crippen LogP contribution in [0.15, 0.2) is 95.2 Å². The minimum atomic E-state index is -3.48. The number of aryl methyl sites for hydroxylation is 1. The molecule has 0 bridgehead atoms. The van der Waals surface area contributed by atoms with Crippen LogP contribution in [-0.2, 0) is 9.84 Å². The number of thiophene rings is 1. The van der Waals surface area contributed by atoms with Gasteiger partial charge in [0.15, 0.2) is 9.84 Å². The van der Waals surface area contributed by atoms with Crippen molar-refractivity contribution in [2.75, 3.05) is 19.6 Å². The van der Waals surface area contributed by atoms with E-state index in [9.17, 15) is 8.42 Å². The van der Waals surface area contributed by atoms with Crippen LogP contribution in [-0.4, -0.2) is 33.0 Å². The molecule has 0 spiro atoms. The van der Waals surface area contributed by atoms with Crippen molar-refractivity contribution in [2.45, 2.75) is 29.9 Å². The van der Waals surface area contributed by atoms with Gasteiger partial charge in [-0.15, -0.1) is 11.3 Å². The Kier molecular flexibility index (Phi) is 6.68. The molecule has 0 saturated heterocycles. The first-order chi connectivity index (χ1) is 16.5. The summed E-state index contributed by atoms with van der Waals surface area (Å²) in [6.07, 6.45) is 3.87. The number of benzene rings is 3. The van der Waals surface area contributed by atoms with Crippen LogP contribution in [0.25, 0.3) is 15.7 Å². The van der Waals surface area contributed by atoms with E-state index in [1.165, 1.54) is 21.2 Å². The Morgan fingerprint density at radius 2 is 1.76 bits per heavy atom. The van der Waals surface area contributed by atoms with Crippen LogP contribution in [0.2, 0.25) is 0 Å². The number of sulfone groups is 1. The van der Waals surface area contributed by atoms with Crippen molar-refractivity contribution in [3.8, 4) is 0 Å². The molecule has 174 valence electrons. The van der Waals surface area contributed by atoms with Crippen LogP contribution in [0.4, 0.5) is 0 Å². The second-order valence-corrected chi connectivity index (χ2v) is 12.1. The predicted octanol–water partition coefficient (Wildman–Crippen LogP) is 6.90. The summed E-state index contributed by atoms with van der Waals surface area (Å²) in [5, 5.41) is 2.88. The molecule has 0 N–H and O–H groups in total. The Balaban J connectivity index is 1.31. The number of fused-ring (bicyclic) bond motifs is 1. The van der Waals surface area contributed by atoms with E-state index in [0.717, 1.165) is 37.2 Å². The van der Waals surface area contributed by atoms with Gasteiger partial charge in [0.1, 0.15) is 0 Å². The number of hydrogen-bond donors (Lipinski definition) is 0. The molecule has 0 fully saturated rings. The van der Waals surface area contributed by atoms with E-state index in [0.29, 0.717) is 11.3 Å². The highest BCUT2D eigenvalue weighted by Crippen LogP contribution is 2.33. The zero-order valence-electron chi connectivity index (χ0n) is 19.4. The zero-order chi connectivity index (χ0) is 23.5. The van der Waals surface area contributed by atoms with Gasteiger partial charge in [-0.25, -0.2) is 8.42 Å². The lowest BCUT2D eigenvalue weighted by Crippen LogP contribution is -2.31. The molecule has 2 heterocycles. The number of rotatable bonds is 7. The first-order valence-electron chi connectivity index (χ1n) is 11.8. The van der Waals surface area contributed by atoms with Crippen molar-refractivity contribution in [3.05, 3.63) is 107 Å². The van der Waals surface area contributed by atoms with Gasteiger partial charge in [0, 0.05) is 24.3 Å². The fraction of sp³-hybridized carbons (Fsp3) is 0.241. The maximum Gasteiger partial charge on any atom is 0.185 e. The van der Waals surface area contributed by atoms with Crippen LogP contribution < -0.4 is 0 Å². The van der Waals surface area contributed by atoms with Crippen LogP contribution in [0.1, 0.15) is 34.8 Å². The maximum atomic E-state index is 13.6. The van der Waals surface area contributed by atoms with Gasteiger partial charge in [-0.2, -0.15) is 0 Å². The van der Waals surface area contributed by atoms with Gasteiger partial charge in [0.25, 0.3) is 0 Å². The fourth-order valence-corrected chi connectivity index (χ4v) is 7.30. The van der Waals surface area contributed by atoms with Gasteiger partial charge < -0.3 is 0 Å². The Bertz CT molecular complexity index is 1400. The van der Waals surface area contributed by atoms with Gasteiger partial charge in [-0.05, 0) is 71.5 Å². The minimum Gasteiger partial charge on any atom is -0.299 e. The molecule has 0 saturated carbocycles. The first kappa shape index (κ1) is 23.0. The average molecular weight is 488 g/mol. The molecule has 1 aromatic heterocycles. The Morgan fingerprint density at radius 1 is 0.971 bits per heavy atom. The first-order valence-corrected chi connectivity index (χ1v) is 14.2. The quantitative estimate of drug-likeness (QED) is 0.284. The molecule has 1 aliphatic rings. The van der Waals surface area contributed by atoms with E-state index in [-0.39, 0.29) is 0 Å². The molecule has 0 amide bonds. The monoisotopic (exact) mass is 487 g/mol. The van der Waals surface area contributed by atoms with Crippen LogP contribution in [0.5, 0.6) is 0 Å². The van der Waals surface area contributed by atoms with Crippen molar-refractivity contribution in [1.82, 2.24) is 4.90 Å². The summed E-state index contributed by atoms with van der Waals surface area (Å²) >= 11 is 1.78. The van der Waals surface area contributed by atoms with Crippen LogP contribution in [0.3, 0.4) is 0 Å². The third-order valence-corrected chi connectivity index (χ3v) is 9.79. The Labute approximate surface area is 206 Å². The summed E-state index contributed by atoms with van der Waals surface area (Å²) < 4.78 is 28.5. The summed E-state index contributed by atoms with van der Waals surface area (Å²) in [5.41, 5.74) is 4.61. The van der Waals surface area contributed by atoms with Crippen LogP contribution in [0, 0.1) is 6.92 Å². The highest BCUT2D eigenvalue weighted by atomic mass is 32.2. The second-order valence-electron chi connectivity index (χ2n) is 9.00. The topological polar surface area (TPSA) is 37.4 Å². The zero-order valence-corrected chi connectivity index (χ0v) is 21.0. The van der Waals surface area contributed by atoms with E-state index in [2.05, 4.69) is 40.6 Å². The smallest absolute Gasteiger partial charge is 0.185 e. The molecule has 5 rings (SSSR count). The Hall–Kier alpha value is -2.73. The summed E-state index contributed by atoms with van der Waals surface area (Å²) in [6.45, 7) is 4.52. The van der Waals surface area contributed by atoms with Crippen molar-refractivity contribution >= 4 is 36.8 Å². The van der Waals surface area contributed by atoms with E-state index in [1.807, 2.05) is 49.4 Å². The van der Waals surface area contributed by atoms with Crippen molar-refractivity contribution < 1.29 is 8.42 Å². The van der Waals surface area contributed by atoms with E-state index in [4.69, 9.17) is 0 Å². The molecule has 1 aliphatic heterocycles. The molecule has 34 heavy (non-hydrogen) atoms. The highest BCUT2D eigenvalue weighted by molar-refractivity contribution is 7.91. The largest absolute Gasteiger partial charge is 0.299 e. The third kappa shape index (κ3) is 4.88. The normalized spacial score (nSPS) is 15.9. The molecule has 1 atom stereocenters. The van der Waals surface area contributed by atoms with Crippen molar-refractivity contribution in [1.29, 1.82) is 0 Å². The molecule has 0 aliphatic carbocycles. The maximum absolute atomic E-state index is 13.6. The van der Waals surface area contributed by atoms with Gasteiger partial charge in [0.05, 0.1) is 10.1 Å². The molecule has 4 aromatic rings. The number of hydrogen-bond acceptors (Lipinski definition) is 4. The SMILES string of the molecule is Cc1ccc(S(=O)(=O)C(CCN2CC=C(c3ccc4ccsc4c3)CC2)c2ccccc2)cc1. The minimum absolute atomic E-state index is 0.400. The molecule has 1 unspecified atom stereocenters.